The van der Waals surface area contributed by atoms with Gasteiger partial charge < -0.3 is 14.4 Å². The summed E-state index contributed by atoms with van der Waals surface area (Å²) in [6, 6.07) is 0. The highest BCUT2D eigenvalue weighted by molar-refractivity contribution is 7.87. The van der Waals surface area contributed by atoms with Crippen LogP contribution in [-0.4, -0.2) is 41.9 Å². The van der Waals surface area contributed by atoms with E-state index in [1.807, 2.05) is 0 Å². The van der Waals surface area contributed by atoms with E-state index < -0.39 is 33.7 Å². The average Bonchev–Trinajstić information content (AvgIpc) is 1.98. The summed E-state index contributed by atoms with van der Waals surface area (Å²) >= 11 is 0. The Morgan fingerprint density at radius 1 is 1.50 bits per heavy atom. The molecule has 0 aromatic rings. The number of ether oxygens (including phenoxy) is 1. The molecule has 0 heterocycles. The van der Waals surface area contributed by atoms with Gasteiger partial charge in [0, 0.05) is 0 Å². The zero-order chi connectivity index (χ0) is 11.4. The monoisotopic (exact) mass is 225 g/mol. The van der Waals surface area contributed by atoms with Crippen molar-refractivity contribution in [1.82, 2.24) is 0 Å². The molecular weight excluding hydrogens is 216 g/mol. The molecule has 0 amide bonds. The minimum absolute atomic E-state index is 0.121. The number of aliphatic carboxylic acids is 1. The molecule has 0 aliphatic heterocycles. The SMILES string of the molecule is CCOC(=O)C(CC(=O)O)S(=O)(=O)[O-]. The van der Waals surface area contributed by atoms with Crippen LogP contribution in [0.5, 0.6) is 0 Å². The molecule has 0 bridgehead atoms. The second-order valence-electron chi connectivity index (χ2n) is 2.33. The molecule has 0 aromatic heterocycles. The van der Waals surface area contributed by atoms with Gasteiger partial charge in [0.1, 0.15) is 10.1 Å². The third-order valence-electron chi connectivity index (χ3n) is 1.26. The van der Waals surface area contributed by atoms with Gasteiger partial charge in [0.2, 0.25) is 0 Å². The van der Waals surface area contributed by atoms with E-state index in [9.17, 15) is 22.6 Å². The van der Waals surface area contributed by atoms with Gasteiger partial charge in [0.15, 0.2) is 5.25 Å². The first kappa shape index (κ1) is 12.8. The minimum atomic E-state index is -4.99. The maximum atomic E-state index is 10.9. The Hall–Kier alpha value is -1.15. The van der Waals surface area contributed by atoms with E-state index in [2.05, 4.69) is 4.74 Å². The fourth-order valence-corrected chi connectivity index (χ4v) is 1.35. The van der Waals surface area contributed by atoms with Gasteiger partial charge in [-0.2, -0.15) is 0 Å². The maximum absolute atomic E-state index is 10.9. The Bertz CT molecular complexity index is 317. The van der Waals surface area contributed by atoms with E-state index >= 15 is 0 Å². The molecule has 1 atom stereocenters. The minimum Gasteiger partial charge on any atom is -0.747 e. The van der Waals surface area contributed by atoms with E-state index in [1.165, 1.54) is 6.92 Å². The molecule has 1 N–H and O–H groups in total. The summed E-state index contributed by atoms with van der Waals surface area (Å²) in [4.78, 5) is 21.0. The number of hydrogen-bond acceptors (Lipinski definition) is 6. The smallest absolute Gasteiger partial charge is 0.323 e. The Balaban J connectivity index is 4.74. The standard InChI is InChI=1S/C6H10O7S/c1-2-13-6(9)4(3-5(7)8)14(10,11)12/h4H,2-3H2,1H3,(H,7,8)(H,10,11,12)/p-1. The van der Waals surface area contributed by atoms with Crippen LogP contribution in [0.3, 0.4) is 0 Å². The molecule has 0 saturated heterocycles. The summed E-state index contributed by atoms with van der Waals surface area (Å²) in [6.07, 6.45) is -1.08. The average molecular weight is 225 g/mol. The largest absolute Gasteiger partial charge is 0.747 e. The molecule has 0 spiro atoms. The fraction of sp³-hybridized carbons (Fsp3) is 0.667. The van der Waals surface area contributed by atoms with Gasteiger partial charge in [-0.05, 0) is 6.92 Å². The predicted octanol–water partition coefficient (Wildman–Crippen LogP) is -1.06. The summed E-state index contributed by atoms with van der Waals surface area (Å²) < 4.78 is 35.6. The van der Waals surface area contributed by atoms with E-state index in [0.29, 0.717) is 0 Å². The summed E-state index contributed by atoms with van der Waals surface area (Å²) in [7, 11) is -4.99. The van der Waals surface area contributed by atoms with Crippen LogP contribution in [0.25, 0.3) is 0 Å². The number of carboxylic acid groups (broad SMARTS) is 1. The van der Waals surface area contributed by atoms with Crippen LogP contribution in [0.1, 0.15) is 13.3 Å². The normalized spacial score (nSPS) is 13.3. The van der Waals surface area contributed by atoms with Gasteiger partial charge in [-0.25, -0.2) is 8.42 Å². The third-order valence-corrected chi connectivity index (χ3v) is 2.31. The van der Waals surface area contributed by atoms with Crippen LogP contribution < -0.4 is 0 Å². The van der Waals surface area contributed by atoms with E-state index in [0.717, 1.165) is 0 Å². The Morgan fingerprint density at radius 3 is 2.29 bits per heavy atom. The lowest BCUT2D eigenvalue weighted by atomic mass is 10.3. The van der Waals surface area contributed by atoms with Crippen LogP contribution in [0, 0.1) is 0 Å². The molecule has 0 aliphatic carbocycles. The predicted molar refractivity (Wildman–Crippen MR) is 42.4 cm³/mol. The van der Waals surface area contributed by atoms with Crippen molar-refractivity contribution in [3.05, 3.63) is 0 Å². The molecule has 14 heavy (non-hydrogen) atoms. The second-order valence-corrected chi connectivity index (χ2v) is 3.89. The lowest BCUT2D eigenvalue weighted by Crippen LogP contribution is -2.34. The zero-order valence-electron chi connectivity index (χ0n) is 7.30. The Labute approximate surface area is 80.4 Å². The van der Waals surface area contributed by atoms with E-state index in [4.69, 9.17) is 5.11 Å². The number of carbonyl (C=O) groups excluding carboxylic acids is 1. The highest BCUT2D eigenvalue weighted by Crippen LogP contribution is 2.06. The molecule has 0 fully saturated rings. The molecule has 0 aromatic carbocycles. The summed E-state index contributed by atoms with van der Waals surface area (Å²) in [5, 5.41) is 6.09. The van der Waals surface area contributed by atoms with Crippen LogP contribution in [0.15, 0.2) is 0 Å². The van der Waals surface area contributed by atoms with E-state index in [1.54, 1.807) is 0 Å². The topological polar surface area (TPSA) is 121 Å². The number of carbonyl (C=O) groups is 2. The Morgan fingerprint density at radius 2 is 2.00 bits per heavy atom. The van der Waals surface area contributed by atoms with Gasteiger partial charge in [-0.1, -0.05) is 0 Å². The number of rotatable bonds is 5. The number of esters is 1. The van der Waals surface area contributed by atoms with Gasteiger partial charge in [0.05, 0.1) is 13.0 Å². The molecule has 0 aliphatic rings. The van der Waals surface area contributed by atoms with Crippen molar-refractivity contribution in [2.75, 3.05) is 6.61 Å². The third kappa shape index (κ3) is 4.19. The highest BCUT2D eigenvalue weighted by Gasteiger charge is 2.29. The maximum Gasteiger partial charge on any atom is 0.323 e. The van der Waals surface area contributed by atoms with Crippen LogP contribution in [0.4, 0.5) is 0 Å². The van der Waals surface area contributed by atoms with Crippen molar-refractivity contribution >= 4 is 22.1 Å². The van der Waals surface area contributed by atoms with Gasteiger partial charge in [-0.3, -0.25) is 9.59 Å². The first-order valence-corrected chi connectivity index (χ1v) is 5.09. The van der Waals surface area contributed by atoms with Crippen LogP contribution in [-0.2, 0) is 24.4 Å². The van der Waals surface area contributed by atoms with E-state index in [-0.39, 0.29) is 6.61 Å². The van der Waals surface area contributed by atoms with Crippen LogP contribution >= 0.6 is 0 Å². The summed E-state index contributed by atoms with van der Waals surface area (Å²) in [5.41, 5.74) is 0. The van der Waals surface area contributed by atoms with Gasteiger partial charge >= 0.3 is 11.9 Å². The molecular formula is C6H9O7S-. The van der Waals surface area contributed by atoms with Crippen molar-refractivity contribution in [3.8, 4) is 0 Å². The molecule has 1 unspecified atom stereocenters. The molecule has 82 valence electrons. The van der Waals surface area contributed by atoms with Crippen molar-refractivity contribution < 1.29 is 32.4 Å². The summed E-state index contributed by atoms with van der Waals surface area (Å²) in [5.74, 6) is -2.88. The molecule has 0 saturated carbocycles. The fourth-order valence-electron chi connectivity index (χ4n) is 0.697. The lowest BCUT2D eigenvalue weighted by molar-refractivity contribution is -0.147. The van der Waals surface area contributed by atoms with Crippen LogP contribution in [0.2, 0.25) is 0 Å². The Kier molecular flexibility index (Phi) is 4.51. The lowest BCUT2D eigenvalue weighted by Gasteiger charge is -2.16. The first-order chi connectivity index (χ1) is 6.29. The first-order valence-electron chi connectivity index (χ1n) is 3.62. The summed E-state index contributed by atoms with van der Waals surface area (Å²) in [6.45, 7) is 1.29. The molecule has 0 rings (SSSR count). The molecule has 8 heteroatoms. The highest BCUT2D eigenvalue weighted by atomic mass is 32.2. The van der Waals surface area contributed by atoms with Crippen molar-refractivity contribution in [2.24, 2.45) is 0 Å². The number of hydrogen-bond donors (Lipinski definition) is 1. The second kappa shape index (κ2) is 4.91. The van der Waals surface area contributed by atoms with Gasteiger partial charge in [0.25, 0.3) is 0 Å². The van der Waals surface area contributed by atoms with Crippen molar-refractivity contribution in [1.29, 1.82) is 0 Å². The van der Waals surface area contributed by atoms with Crippen molar-refractivity contribution in [3.63, 3.8) is 0 Å². The zero-order valence-corrected chi connectivity index (χ0v) is 8.11. The quantitative estimate of drug-likeness (QED) is 0.467. The molecule has 7 nitrogen and oxygen atoms in total. The number of carboxylic acids is 1. The molecule has 0 radical (unpaired) electrons. The van der Waals surface area contributed by atoms with Crippen molar-refractivity contribution in [2.45, 2.75) is 18.6 Å². The van der Waals surface area contributed by atoms with Gasteiger partial charge in [-0.15, -0.1) is 0 Å².